The van der Waals surface area contributed by atoms with Gasteiger partial charge in [0.1, 0.15) is 6.54 Å². The standard InChI is InChI=1S/C16H24N5O4/c1-10(11(2)22)21-12(9-20-5-7-25-8-6-20)17-14-13(21)15(23)19(4)16(24)18(14)3/h10,13H,5-9H2,1-4H3/q+1. The fourth-order valence-electron chi connectivity index (χ4n) is 3.33. The molecule has 0 aliphatic carbocycles. The van der Waals surface area contributed by atoms with E-state index in [9.17, 15) is 14.4 Å². The van der Waals surface area contributed by atoms with Gasteiger partial charge in [0.2, 0.25) is 0 Å². The van der Waals surface area contributed by atoms with Crippen LogP contribution in [0.1, 0.15) is 13.8 Å². The van der Waals surface area contributed by atoms with Crippen molar-refractivity contribution in [2.24, 2.45) is 4.99 Å². The molecule has 2 saturated heterocycles. The van der Waals surface area contributed by atoms with Crippen molar-refractivity contribution in [3.63, 3.8) is 0 Å². The second-order valence-electron chi connectivity index (χ2n) is 6.61. The van der Waals surface area contributed by atoms with Gasteiger partial charge in [-0.3, -0.25) is 24.3 Å². The minimum Gasteiger partial charge on any atom is -0.379 e. The number of morpholine rings is 1. The maximum Gasteiger partial charge on any atom is 0.333 e. The van der Waals surface area contributed by atoms with Crippen LogP contribution in [0.15, 0.2) is 4.99 Å². The van der Waals surface area contributed by atoms with Gasteiger partial charge in [-0.15, -0.1) is 0 Å². The second-order valence-corrected chi connectivity index (χ2v) is 6.61. The van der Waals surface area contributed by atoms with Crippen molar-refractivity contribution in [1.29, 1.82) is 0 Å². The molecule has 0 aromatic carbocycles. The molecule has 0 aromatic heterocycles. The average Bonchev–Trinajstić information content (AvgIpc) is 2.97. The molecule has 0 saturated carbocycles. The highest BCUT2D eigenvalue weighted by molar-refractivity contribution is 6.23. The fraction of sp³-hybridized carbons (Fsp3) is 0.688. The number of ketones is 1. The number of hydrogen-bond donors (Lipinski definition) is 0. The van der Waals surface area contributed by atoms with Gasteiger partial charge in [-0.05, 0) is 18.8 Å². The minimum atomic E-state index is -0.734. The molecule has 0 N–H and O–H groups in total. The molecule has 2 fully saturated rings. The average molecular weight is 350 g/mol. The first kappa shape index (κ1) is 17.7. The Bertz CT molecular complexity index is 680. The van der Waals surface area contributed by atoms with Crippen LogP contribution in [0, 0.1) is 0 Å². The highest BCUT2D eigenvalue weighted by Gasteiger charge is 2.54. The molecule has 2 atom stereocenters. The monoisotopic (exact) mass is 350 g/mol. The number of ether oxygens (including phenoxy) is 1. The zero-order valence-corrected chi connectivity index (χ0v) is 15.1. The molecule has 3 heterocycles. The van der Waals surface area contributed by atoms with Crippen LogP contribution in [0.25, 0.3) is 0 Å². The van der Waals surface area contributed by atoms with Gasteiger partial charge in [-0.2, -0.15) is 0 Å². The van der Waals surface area contributed by atoms with E-state index >= 15 is 0 Å². The summed E-state index contributed by atoms with van der Waals surface area (Å²) >= 11 is 0. The van der Waals surface area contributed by atoms with Gasteiger partial charge in [-0.1, -0.05) is 0 Å². The summed E-state index contributed by atoms with van der Waals surface area (Å²) in [4.78, 5) is 46.2. The Hall–Kier alpha value is -2.13. The number of nitrogens with zero attached hydrogens (tertiary/aromatic N) is 5. The Kier molecular flexibility index (Phi) is 4.70. The summed E-state index contributed by atoms with van der Waals surface area (Å²) in [7, 11) is 3.06. The summed E-state index contributed by atoms with van der Waals surface area (Å²) in [5.74, 6) is 0.634. The van der Waals surface area contributed by atoms with E-state index < -0.39 is 18.1 Å². The third-order valence-electron chi connectivity index (χ3n) is 5.02. The van der Waals surface area contributed by atoms with Gasteiger partial charge < -0.3 is 4.74 Å². The highest BCUT2D eigenvalue weighted by Crippen LogP contribution is 2.21. The minimum absolute atomic E-state index is 0.0501. The van der Waals surface area contributed by atoms with Crippen LogP contribution in [0.3, 0.4) is 0 Å². The third kappa shape index (κ3) is 2.98. The molecule has 9 heteroatoms. The predicted octanol–water partition coefficient (Wildman–Crippen LogP) is -0.988. The molecule has 0 bridgehead atoms. The number of urea groups is 1. The van der Waals surface area contributed by atoms with Crippen molar-refractivity contribution < 1.29 is 23.7 Å². The maximum atomic E-state index is 12.7. The summed E-state index contributed by atoms with van der Waals surface area (Å²) in [5.41, 5.74) is 0. The summed E-state index contributed by atoms with van der Waals surface area (Å²) < 4.78 is 7.12. The van der Waals surface area contributed by atoms with Gasteiger partial charge in [0.15, 0.2) is 11.8 Å². The number of hydrogen-bond acceptors (Lipinski definition) is 6. The quantitative estimate of drug-likeness (QED) is 0.608. The van der Waals surface area contributed by atoms with Crippen molar-refractivity contribution in [3.05, 3.63) is 0 Å². The van der Waals surface area contributed by atoms with Gasteiger partial charge in [0, 0.05) is 27.2 Å². The van der Waals surface area contributed by atoms with E-state index in [1.54, 1.807) is 18.5 Å². The summed E-state index contributed by atoms with van der Waals surface area (Å²) in [6, 6.07) is -1.65. The van der Waals surface area contributed by atoms with Crippen LogP contribution >= 0.6 is 0 Å². The zero-order chi connectivity index (χ0) is 18.3. The lowest BCUT2D eigenvalue weighted by molar-refractivity contribution is -0.556. The largest absolute Gasteiger partial charge is 0.379 e. The Balaban J connectivity index is 2.00. The zero-order valence-electron chi connectivity index (χ0n) is 15.1. The maximum absolute atomic E-state index is 12.7. The van der Waals surface area contributed by atoms with E-state index in [-0.39, 0.29) is 11.7 Å². The van der Waals surface area contributed by atoms with E-state index in [0.717, 1.165) is 18.0 Å². The molecular weight excluding hydrogens is 326 g/mol. The smallest absolute Gasteiger partial charge is 0.333 e. The second kappa shape index (κ2) is 6.64. The molecule has 3 rings (SSSR count). The highest BCUT2D eigenvalue weighted by atomic mass is 16.5. The number of Topliss-reactive ketones (excluding diaryl/α,β-unsaturated/α-hetero) is 1. The lowest BCUT2D eigenvalue weighted by Gasteiger charge is -2.31. The molecule has 3 amide bonds. The lowest BCUT2D eigenvalue weighted by Crippen LogP contribution is -2.62. The van der Waals surface area contributed by atoms with Crippen LogP contribution in [-0.2, 0) is 14.3 Å². The van der Waals surface area contributed by atoms with E-state index in [1.165, 1.54) is 18.9 Å². The number of amides is 3. The number of imide groups is 1. The Morgan fingerprint density at radius 3 is 2.52 bits per heavy atom. The van der Waals surface area contributed by atoms with Crippen molar-refractivity contribution in [2.45, 2.75) is 25.9 Å². The lowest BCUT2D eigenvalue weighted by atomic mass is 10.1. The fourth-order valence-corrected chi connectivity index (χ4v) is 3.33. The van der Waals surface area contributed by atoms with Crippen molar-refractivity contribution in [3.8, 4) is 0 Å². The van der Waals surface area contributed by atoms with Crippen LogP contribution in [0.2, 0.25) is 0 Å². The summed E-state index contributed by atoms with van der Waals surface area (Å²) in [6.45, 7) is 6.61. The number of fused-ring (bicyclic) bond motifs is 1. The van der Waals surface area contributed by atoms with E-state index in [4.69, 9.17) is 4.74 Å². The topological polar surface area (TPSA) is 85.5 Å². The molecule has 0 aromatic rings. The summed E-state index contributed by atoms with van der Waals surface area (Å²) in [6.07, 6.45) is 0. The first-order valence-corrected chi connectivity index (χ1v) is 8.41. The number of likely N-dealkylation sites (N-methyl/N-ethyl adjacent to an activating group) is 2. The molecule has 136 valence electrons. The van der Waals surface area contributed by atoms with Gasteiger partial charge in [0.25, 0.3) is 17.8 Å². The van der Waals surface area contributed by atoms with Crippen LogP contribution in [0.4, 0.5) is 4.79 Å². The molecule has 3 aliphatic rings. The number of rotatable bonds is 4. The number of aliphatic imine (C=N–C) groups is 1. The molecule has 2 unspecified atom stereocenters. The molecule has 0 spiro atoms. The van der Waals surface area contributed by atoms with Crippen LogP contribution in [-0.4, -0.2) is 108 Å². The van der Waals surface area contributed by atoms with Gasteiger partial charge in [0.05, 0.1) is 13.2 Å². The first-order chi connectivity index (χ1) is 11.8. The normalized spacial score (nSPS) is 26.1. The molecule has 9 nitrogen and oxygen atoms in total. The van der Waals surface area contributed by atoms with E-state index in [0.29, 0.717) is 31.4 Å². The molecule has 3 aliphatic heterocycles. The Morgan fingerprint density at radius 1 is 1.28 bits per heavy atom. The Labute approximate surface area is 146 Å². The van der Waals surface area contributed by atoms with Crippen molar-refractivity contribution in [1.82, 2.24) is 14.7 Å². The predicted molar refractivity (Wildman–Crippen MR) is 89.8 cm³/mol. The number of carbonyl (C=O) groups is 3. The van der Waals surface area contributed by atoms with E-state index in [1.807, 2.05) is 0 Å². The van der Waals surface area contributed by atoms with Crippen LogP contribution in [0.5, 0.6) is 0 Å². The van der Waals surface area contributed by atoms with Crippen LogP contribution < -0.4 is 0 Å². The molecule has 25 heavy (non-hydrogen) atoms. The Morgan fingerprint density at radius 2 is 1.92 bits per heavy atom. The number of amidine groups is 2. The van der Waals surface area contributed by atoms with Gasteiger partial charge in [-0.25, -0.2) is 9.37 Å². The number of carbonyl (C=O) groups excluding carboxylic acids is 3. The van der Waals surface area contributed by atoms with Gasteiger partial charge >= 0.3 is 11.9 Å². The van der Waals surface area contributed by atoms with Crippen molar-refractivity contribution in [2.75, 3.05) is 46.9 Å². The molecular formula is C16H24N5O4+. The molecule has 0 radical (unpaired) electrons. The first-order valence-electron chi connectivity index (χ1n) is 8.41. The van der Waals surface area contributed by atoms with E-state index in [2.05, 4.69) is 9.89 Å². The van der Waals surface area contributed by atoms with Crippen molar-refractivity contribution >= 4 is 29.4 Å². The summed E-state index contributed by atoms with van der Waals surface area (Å²) in [5, 5.41) is 0. The third-order valence-corrected chi connectivity index (χ3v) is 5.02. The SMILES string of the molecule is CC(=O)C(C)[N+]1=C(CN2CCOCC2)N=C2C1C(=O)N(C)C(=O)N2C.